The molecule has 2 amide bonds. The van der Waals surface area contributed by atoms with Crippen LogP contribution in [0.5, 0.6) is 0 Å². The number of nitrogens with zero attached hydrogens (tertiary/aromatic N) is 8. The Kier molecular flexibility index (Phi) is 26.3. The molecular weight excluding hydrogens is 761 g/mol. The highest BCUT2D eigenvalue weighted by Crippen LogP contribution is 2.28. The molecule has 0 bridgehead atoms. The number of aromatic nitrogens is 2. The van der Waals surface area contributed by atoms with Gasteiger partial charge in [0.05, 0.1) is 19.2 Å². The molecule has 0 radical (unpaired) electrons. The number of methoxy groups -OCH3 is 2. The van der Waals surface area contributed by atoms with Crippen LogP contribution in [0.15, 0.2) is 21.0 Å². The maximum atomic E-state index is 12.6. The Labute approximate surface area is 340 Å². The highest BCUT2D eigenvalue weighted by Gasteiger charge is 2.30. The standard InChI is InChI=1S/C18H29N5O3S.C17H27N5O4S.2CH4/c1-7-11(4)15(22-23-19)16(24)20-13(10(2)3)8-12(5)17-21-14(9-27-17)18(25)26-6;1-6-10(4)14(21-22-18)15(24)19-11(9(2)3)7-13(23)16-20-12(8-27-16)17(25)26-5;;/h9-13,15H,7-8H2,1-6H3,(H,20,24);8-11,13-14,23H,6-7H2,1-5H3,(H,19,24);2*1H4/t11-,12+,13+,15?;10-,11+,13+,14?;;/m00../s1. The summed E-state index contributed by atoms with van der Waals surface area (Å²) < 4.78 is 9.30. The molecule has 0 aromatic carbocycles. The lowest BCUT2D eigenvalue weighted by atomic mass is 9.92. The minimum absolute atomic E-state index is 0. The lowest BCUT2D eigenvalue weighted by Gasteiger charge is -2.27. The van der Waals surface area contributed by atoms with E-state index < -0.39 is 30.1 Å². The van der Waals surface area contributed by atoms with Crippen molar-refractivity contribution in [3.63, 3.8) is 0 Å². The Morgan fingerprint density at radius 2 is 1.11 bits per heavy atom. The second-order valence-corrected chi connectivity index (χ2v) is 15.6. The summed E-state index contributed by atoms with van der Waals surface area (Å²) in [7, 11) is 2.59. The first-order valence-corrected chi connectivity index (χ1v) is 19.7. The SMILES string of the molecule is C.C.CC[C@H](C)C(N=[N+]=[N-])C(=O)N[C@H](C[C@@H](C)c1nc(C(=O)OC)cs1)C(C)C.CC[C@H](C)C(N=[N+]=[N-])C(=O)N[C@H](C[C@@H](O)c1nc(C(=O)OC)cs1)C(C)C. The molecule has 0 spiro atoms. The van der Waals surface area contributed by atoms with E-state index in [1.807, 2.05) is 62.3 Å². The van der Waals surface area contributed by atoms with E-state index >= 15 is 0 Å². The Balaban J connectivity index is 0. The Hall–Kier alpha value is -4.28. The van der Waals surface area contributed by atoms with Gasteiger partial charge in [-0.2, -0.15) is 0 Å². The second-order valence-electron chi connectivity index (χ2n) is 13.8. The van der Waals surface area contributed by atoms with Gasteiger partial charge in [-0.15, -0.1) is 22.7 Å². The van der Waals surface area contributed by atoms with E-state index in [0.29, 0.717) is 23.5 Å². The molecule has 0 aliphatic carbocycles. The third-order valence-corrected chi connectivity index (χ3v) is 11.2. The van der Waals surface area contributed by atoms with E-state index in [0.717, 1.165) is 22.8 Å². The minimum atomic E-state index is -0.942. The van der Waals surface area contributed by atoms with Crippen LogP contribution in [0.25, 0.3) is 20.9 Å². The molecule has 0 saturated carbocycles. The molecular formula is C37H64N10O7S2. The van der Waals surface area contributed by atoms with Gasteiger partial charge in [-0.3, -0.25) is 9.59 Å². The van der Waals surface area contributed by atoms with Crippen molar-refractivity contribution in [2.24, 2.45) is 33.9 Å². The van der Waals surface area contributed by atoms with Crippen LogP contribution in [-0.4, -0.2) is 77.2 Å². The highest BCUT2D eigenvalue weighted by atomic mass is 32.1. The van der Waals surface area contributed by atoms with E-state index in [9.17, 15) is 24.3 Å². The average molecular weight is 825 g/mol. The summed E-state index contributed by atoms with van der Waals surface area (Å²) in [6.45, 7) is 17.6. The summed E-state index contributed by atoms with van der Waals surface area (Å²) in [6, 6.07) is -1.97. The molecule has 316 valence electrons. The number of thiazole rings is 2. The van der Waals surface area contributed by atoms with Gasteiger partial charge in [0.25, 0.3) is 0 Å². The predicted molar refractivity (Wildman–Crippen MR) is 221 cm³/mol. The summed E-state index contributed by atoms with van der Waals surface area (Å²) in [4.78, 5) is 62.3. The number of aliphatic hydroxyl groups is 1. The normalized spacial score (nSPS) is 14.8. The van der Waals surface area contributed by atoms with Crippen LogP contribution in [0, 0.1) is 23.7 Å². The zero-order valence-corrected chi connectivity index (χ0v) is 34.7. The fraction of sp³-hybridized carbons (Fsp3) is 0.730. The molecule has 0 aliphatic heterocycles. The van der Waals surface area contributed by atoms with Crippen molar-refractivity contribution in [3.05, 3.63) is 53.0 Å². The fourth-order valence-electron chi connectivity index (χ4n) is 5.11. The van der Waals surface area contributed by atoms with Gasteiger partial charge in [0.2, 0.25) is 11.8 Å². The van der Waals surface area contributed by atoms with Crippen molar-refractivity contribution in [1.29, 1.82) is 0 Å². The lowest BCUT2D eigenvalue weighted by molar-refractivity contribution is -0.125. The first kappa shape index (κ1) is 53.8. The molecule has 8 atom stereocenters. The van der Waals surface area contributed by atoms with Crippen LogP contribution in [0.3, 0.4) is 0 Å². The number of hydrogen-bond acceptors (Lipinski definition) is 13. The van der Waals surface area contributed by atoms with Crippen LogP contribution in [0.4, 0.5) is 0 Å². The number of carbonyl (C=O) groups is 4. The van der Waals surface area contributed by atoms with Gasteiger partial charge < -0.3 is 25.2 Å². The Bertz CT molecular complexity index is 1490. The van der Waals surface area contributed by atoms with Gasteiger partial charge in [-0.05, 0) is 41.2 Å². The topological polar surface area (TPSA) is 254 Å². The number of carbonyl (C=O) groups excluding carboxylic acids is 4. The quantitative estimate of drug-likeness (QED) is 0.0498. The highest BCUT2D eigenvalue weighted by molar-refractivity contribution is 7.10. The number of ether oxygens (including phenoxy) is 2. The monoisotopic (exact) mass is 824 g/mol. The van der Waals surface area contributed by atoms with Crippen LogP contribution in [-0.2, 0) is 19.1 Å². The summed E-state index contributed by atoms with van der Waals surface area (Å²) in [5, 5.41) is 28.1. The van der Waals surface area contributed by atoms with Crippen molar-refractivity contribution in [2.75, 3.05) is 14.2 Å². The maximum Gasteiger partial charge on any atom is 0.357 e. The summed E-state index contributed by atoms with van der Waals surface area (Å²) >= 11 is 2.56. The fourth-order valence-corrected chi connectivity index (χ4v) is 6.76. The van der Waals surface area contributed by atoms with Crippen molar-refractivity contribution < 1.29 is 33.8 Å². The van der Waals surface area contributed by atoms with Gasteiger partial charge in [0.1, 0.15) is 23.2 Å². The molecule has 0 fully saturated rings. The summed E-state index contributed by atoms with van der Waals surface area (Å²) in [6.07, 6.45) is 1.39. The first-order chi connectivity index (χ1) is 25.5. The molecule has 0 saturated heterocycles. The van der Waals surface area contributed by atoms with Gasteiger partial charge in [0, 0.05) is 45.0 Å². The molecule has 0 aliphatic rings. The number of aliphatic hydroxyl groups excluding tert-OH is 1. The van der Waals surface area contributed by atoms with Crippen LogP contribution >= 0.6 is 22.7 Å². The van der Waals surface area contributed by atoms with Crippen molar-refractivity contribution in [3.8, 4) is 0 Å². The summed E-state index contributed by atoms with van der Waals surface area (Å²) in [5.41, 5.74) is 17.9. The van der Waals surface area contributed by atoms with Crippen LogP contribution in [0.1, 0.15) is 146 Å². The van der Waals surface area contributed by atoms with Crippen molar-refractivity contribution in [2.45, 2.75) is 139 Å². The van der Waals surface area contributed by atoms with E-state index in [2.05, 4.69) is 45.4 Å². The predicted octanol–water partition coefficient (Wildman–Crippen LogP) is 8.78. The van der Waals surface area contributed by atoms with Crippen LogP contribution in [0.2, 0.25) is 0 Å². The zero-order chi connectivity index (χ0) is 41.1. The molecule has 2 heterocycles. The molecule has 2 aromatic rings. The molecule has 2 unspecified atom stereocenters. The number of hydrogen-bond donors (Lipinski definition) is 3. The Morgan fingerprint density at radius 1 is 0.732 bits per heavy atom. The number of rotatable bonds is 20. The third kappa shape index (κ3) is 16.8. The minimum Gasteiger partial charge on any atom is -0.464 e. The Morgan fingerprint density at radius 3 is 1.46 bits per heavy atom. The molecule has 2 aromatic heterocycles. The number of nitrogens with one attached hydrogen (secondary N) is 2. The van der Waals surface area contributed by atoms with E-state index in [1.165, 1.54) is 30.9 Å². The largest absolute Gasteiger partial charge is 0.464 e. The van der Waals surface area contributed by atoms with Crippen molar-refractivity contribution in [1.82, 2.24) is 20.6 Å². The molecule has 56 heavy (non-hydrogen) atoms. The average Bonchev–Trinajstić information content (AvgIpc) is 3.86. The number of esters is 2. The van der Waals surface area contributed by atoms with Gasteiger partial charge in [0.15, 0.2) is 11.4 Å². The summed E-state index contributed by atoms with van der Waals surface area (Å²) in [5.74, 6) is -1.47. The molecule has 3 N–H and O–H groups in total. The van der Waals surface area contributed by atoms with E-state index in [1.54, 1.807) is 5.38 Å². The zero-order valence-electron chi connectivity index (χ0n) is 33.0. The van der Waals surface area contributed by atoms with Gasteiger partial charge in [-0.1, -0.05) is 100 Å². The van der Waals surface area contributed by atoms with E-state index in [-0.39, 0.29) is 80.5 Å². The van der Waals surface area contributed by atoms with Crippen LogP contribution < -0.4 is 10.6 Å². The van der Waals surface area contributed by atoms with E-state index in [4.69, 9.17) is 15.8 Å². The molecule has 19 heteroatoms. The van der Waals surface area contributed by atoms with Gasteiger partial charge in [-0.25, -0.2) is 19.6 Å². The van der Waals surface area contributed by atoms with Crippen molar-refractivity contribution >= 4 is 46.4 Å². The molecule has 17 nitrogen and oxygen atoms in total. The molecule has 2 rings (SSSR count). The number of azide groups is 2. The maximum absolute atomic E-state index is 12.6. The smallest absolute Gasteiger partial charge is 0.357 e. The third-order valence-electron chi connectivity index (χ3n) is 9.14. The van der Waals surface area contributed by atoms with Gasteiger partial charge >= 0.3 is 11.9 Å². The first-order valence-electron chi connectivity index (χ1n) is 17.9. The lowest BCUT2D eigenvalue weighted by Crippen LogP contribution is -2.45. The second kappa shape index (κ2) is 27.3. The number of amides is 2.